The average Bonchev–Trinajstić information content (AvgIpc) is 2.18. The normalized spacial score (nSPS) is 20.1. The Morgan fingerprint density at radius 3 is 1.94 bits per heavy atom. The molecule has 0 radical (unpaired) electrons. The summed E-state index contributed by atoms with van der Waals surface area (Å²) >= 11 is 0. The monoisotopic (exact) mass is 268 g/mol. The molecule has 1 heterocycles. The molecule has 1 rings (SSSR count). The molecule has 0 aromatic heterocycles. The van der Waals surface area contributed by atoms with Gasteiger partial charge in [-0.05, 0) is 18.8 Å². The van der Waals surface area contributed by atoms with Gasteiger partial charge in [0.15, 0.2) is 0 Å². The predicted octanol–water partition coefficient (Wildman–Crippen LogP) is 0.269. The summed E-state index contributed by atoms with van der Waals surface area (Å²) in [5.74, 6) is -1.01. The summed E-state index contributed by atoms with van der Waals surface area (Å²) in [6.07, 6.45) is 2.08. The van der Waals surface area contributed by atoms with E-state index in [1.165, 1.54) is 0 Å². The molecule has 1 atom stereocenters. The molecule has 1 unspecified atom stereocenters. The summed E-state index contributed by atoms with van der Waals surface area (Å²) < 4.78 is 0. The molecule has 1 aliphatic heterocycles. The molecule has 5 nitrogen and oxygen atoms in total. The Hall–Kier alpha value is -0.130. The molecule has 0 aliphatic carbocycles. The van der Waals surface area contributed by atoms with Crippen molar-refractivity contribution in [1.82, 2.24) is 10.6 Å². The van der Waals surface area contributed by atoms with Crippen LogP contribution in [-0.2, 0) is 9.59 Å². The van der Waals surface area contributed by atoms with Crippen LogP contribution in [0.3, 0.4) is 0 Å². The fourth-order valence-corrected chi connectivity index (χ4v) is 2.36. The zero-order valence-corrected chi connectivity index (χ0v) is 9.92. The maximum absolute atomic E-state index is 11.9. The molecule has 6 heteroatoms. The van der Waals surface area contributed by atoms with Crippen molar-refractivity contribution in [1.29, 1.82) is 0 Å². The van der Waals surface area contributed by atoms with Crippen LogP contribution < -0.4 is 10.6 Å². The van der Waals surface area contributed by atoms with Gasteiger partial charge >= 0.3 is 43.8 Å². The van der Waals surface area contributed by atoms with Gasteiger partial charge in [0, 0.05) is 0 Å². The Morgan fingerprint density at radius 1 is 1.12 bits per heavy atom. The first kappa shape index (κ1) is 16.9. The minimum absolute atomic E-state index is 0. The van der Waals surface area contributed by atoms with Crippen LogP contribution in [-0.4, -0.2) is 55.6 Å². The first-order valence-corrected chi connectivity index (χ1v) is 5.65. The van der Waals surface area contributed by atoms with Crippen LogP contribution in [0.1, 0.15) is 40.0 Å². The van der Waals surface area contributed by atoms with Crippen LogP contribution in [0.15, 0.2) is 0 Å². The van der Waals surface area contributed by atoms with E-state index in [1.54, 1.807) is 6.92 Å². The van der Waals surface area contributed by atoms with Gasteiger partial charge in [-0.2, -0.15) is 0 Å². The van der Waals surface area contributed by atoms with Gasteiger partial charge in [0.2, 0.25) is 11.8 Å². The van der Waals surface area contributed by atoms with E-state index in [-0.39, 0.29) is 43.7 Å². The van der Waals surface area contributed by atoms with E-state index in [0.717, 1.165) is 12.8 Å². The number of hydrogen-bond donors (Lipinski definition) is 2. The first-order chi connectivity index (χ1) is 7.48. The molecule has 1 saturated heterocycles. The summed E-state index contributed by atoms with van der Waals surface area (Å²) in [5, 5.41) is 4.36. The number of imide groups is 2. The van der Waals surface area contributed by atoms with E-state index >= 15 is 0 Å². The Kier molecular flexibility index (Phi) is 6.66. The van der Waals surface area contributed by atoms with Crippen LogP contribution in [0, 0.1) is 11.3 Å². The number of barbiturate groups is 1. The van der Waals surface area contributed by atoms with Gasteiger partial charge in [-0.25, -0.2) is 4.79 Å². The van der Waals surface area contributed by atoms with Gasteiger partial charge in [-0.1, -0.05) is 27.2 Å². The zero-order valence-electron chi connectivity index (χ0n) is 9.92. The van der Waals surface area contributed by atoms with E-state index in [1.807, 2.05) is 13.8 Å². The quantitative estimate of drug-likeness (QED) is 0.567. The Labute approximate surface area is 131 Å². The van der Waals surface area contributed by atoms with E-state index in [0.29, 0.717) is 6.42 Å². The predicted molar refractivity (Wildman–Crippen MR) is 67.0 cm³/mol. The molecule has 0 spiro atoms. The number of urea groups is 1. The van der Waals surface area contributed by atoms with Crippen molar-refractivity contribution in [2.75, 3.05) is 0 Å². The SMILES string of the molecule is CCCC(C)C1(CC)C(=O)NC(=O)NC1=O.[CaH2]. The second-order valence-corrected chi connectivity index (χ2v) is 4.25. The third-order valence-corrected chi connectivity index (χ3v) is 3.39. The van der Waals surface area contributed by atoms with Crippen molar-refractivity contribution in [2.24, 2.45) is 11.3 Å². The van der Waals surface area contributed by atoms with Crippen LogP contribution in [0.4, 0.5) is 4.79 Å². The van der Waals surface area contributed by atoms with Crippen LogP contribution >= 0.6 is 0 Å². The first-order valence-electron chi connectivity index (χ1n) is 5.65. The Bertz CT molecular complexity index is 311. The number of rotatable bonds is 4. The van der Waals surface area contributed by atoms with Crippen molar-refractivity contribution in [2.45, 2.75) is 40.0 Å². The Morgan fingerprint density at radius 2 is 1.59 bits per heavy atom. The number of nitrogens with one attached hydrogen (secondary N) is 2. The summed E-state index contributed by atoms with van der Waals surface area (Å²) in [7, 11) is 0. The fraction of sp³-hybridized carbons (Fsp3) is 0.727. The van der Waals surface area contributed by atoms with Crippen molar-refractivity contribution >= 4 is 55.6 Å². The molecule has 0 aromatic rings. The summed E-state index contributed by atoms with van der Waals surface area (Å²) in [5.41, 5.74) is -1.09. The summed E-state index contributed by atoms with van der Waals surface area (Å²) in [6.45, 7) is 5.67. The molecule has 1 aliphatic rings. The van der Waals surface area contributed by atoms with Gasteiger partial charge in [-0.3, -0.25) is 20.2 Å². The molecule has 2 N–H and O–H groups in total. The maximum atomic E-state index is 11.9. The summed E-state index contributed by atoms with van der Waals surface area (Å²) in [6, 6.07) is -0.720. The van der Waals surface area contributed by atoms with Gasteiger partial charge in [0.1, 0.15) is 5.41 Å². The van der Waals surface area contributed by atoms with E-state index in [4.69, 9.17) is 0 Å². The second kappa shape index (κ2) is 6.71. The molecule has 4 amide bonds. The van der Waals surface area contributed by atoms with Crippen molar-refractivity contribution in [3.63, 3.8) is 0 Å². The average molecular weight is 268 g/mol. The number of carbonyl (C=O) groups excluding carboxylic acids is 3. The third-order valence-electron chi connectivity index (χ3n) is 3.39. The van der Waals surface area contributed by atoms with Gasteiger partial charge in [0.25, 0.3) is 0 Å². The van der Waals surface area contributed by atoms with E-state index in [2.05, 4.69) is 10.6 Å². The minimum atomic E-state index is -1.09. The third kappa shape index (κ3) is 3.01. The number of amides is 4. The van der Waals surface area contributed by atoms with Gasteiger partial charge in [0.05, 0.1) is 0 Å². The molecular formula is C11H20CaN2O3. The van der Waals surface area contributed by atoms with Gasteiger partial charge in [-0.15, -0.1) is 0 Å². The molecule has 94 valence electrons. The molecular weight excluding hydrogens is 248 g/mol. The van der Waals surface area contributed by atoms with Crippen molar-refractivity contribution in [3.8, 4) is 0 Å². The van der Waals surface area contributed by atoms with Crippen molar-refractivity contribution in [3.05, 3.63) is 0 Å². The van der Waals surface area contributed by atoms with Crippen LogP contribution in [0.25, 0.3) is 0 Å². The van der Waals surface area contributed by atoms with Crippen LogP contribution in [0.5, 0.6) is 0 Å². The second-order valence-electron chi connectivity index (χ2n) is 4.25. The summed E-state index contributed by atoms with van der Waals surface area (Å²) in [4.78, 5) is 34.8. The molecule has 0 aromatic carbocycles. The number of hydrogen-bond acceptors (Lipinski definition) is 3. The van der Waals surface area contributed by atoms with Crippen LogP contribution in [0.2, 0.25) is 0 Å². The topological polar surface area (TPSA) is 75.3 Å². The molecule has 0 saturated carbocycles. The number of carbonyl (C=O) groups is 3. The van der Waals surface area contributed by atoms with Gasteiger partial charge < -0.3 is 0 Å². The van der Waals surface area contributed by atoms with E-state index in [9.17, 15) is 14.4 Å². The Balaban J connectivity index is 0.00000256. The zero-order chi connectivity index (χ0) is 12.3. The van der Waals surface area contributed by atoms with Crippen molar-refractivity contribution < 1.29 is 14.4 Å². The molecule has 17 heavy (non-hydrogen) atoms. The fourth-order valence-electron chi connectivity index (χ4n) is 2.36. The molecule has 0 bridgehead atoms. The molecule has 1 fully saturated rings. The van der Waals surface area contributed by atoms with E-state index < -0.39 is 23.3 Å². The standard InChI is InChI=1S/C11H18N2O3.Ca.2H/c1-4-6-7(3)11(5-2)8(14)12-10(16)13-9(11)15;;;/h7H,4-6H2,1-3H3,(H2,12,13,14,15,16);;;.